The molecule has 0 aromatic carbocycles. The maximum Gasteiger partial charge on any atom is 0.129 e. The lowest BCUT2D eigenvalue weighted by atomic mass is 10.1. The normalized spacial score (nSPS) is 20.0. The molecule has 0 radical (unpaired) electrons. The number of likely N-dealkylation sites (N-methyl/N-ethyl adjacent to an activating group) is 1. The first-order valence-corrected chi connectivity index (χ1v) is 8.27. The lowest BCUT2D eigenvalue weighted by Gasteiger charge is -2.39. The number of hydrogen-bond acceptors (Lipinski definition) is 4. The summed E-state index contributed by atoms with van der Waals surface area (Å²) < 4.78 is 0. The molecule has 0 saturated carbocycles. The molecule has 4 heteroatoms. The number of piperazine rings is 1. The summed E-state index contributed by atoms with van der Waals surface area (Å²) in [6.45, 7) is 11.9. The number of rotatable bonds is 6. The van der Waals surface area contributed by atoms with Crippen LogP contribution in [0.3, 0.4) is 0 Å². The van der Waals surface area contributed by atoms with Gasteiger partial charge in [0.1, 0.15) is 5.82 Å². The van der Waals surface area contributed by atoms with Gasteiger partial charge in [-0.25, -0.2) is 4.98 Å². The minimum Gasteiger partial charge on any atom is -0.354 e. The lowest BCUT2D eigenvalue weighted by Crippen LogP contribution is -2.51. The average Bonchev–Trinajstić information content (AvgIpc) is 2.47. The first kappa shape index (κ1) is 16.2. The molecule has 2 heterocycles. The fourth-order valence-corrected chi connectivity index (χ4v) is 2.99. The van der Waals surface area contributed by atoms with Crippen molar-refractivity contribution in [3.63, 3.8) is 0 Å². The van der Waals surface area contributed by atoms with Crippen LogP contribution in [0.2, 0.25) is 0 Å². The van der Waals surface area contributed by atoms with Crippen LogP contribution >= 0.6 is 0 Å². The summed E-state index contributed by atoms with van der Waals surface area (Å²) in [6, 6.07) is 5.09. The molecule has 4 nitrogen and oxygen atoms in total. The maximum atomic E-state index is 4.76. The summed E-state index contributed by atoms with van der Waals surface area (Å²) in [5, 5.41) is 3.48. The Kier molecular flexibility index (Phi) is 6.00. The van der Waals surface area contributed by atoms with Gasteiger partial charge in [-0.05, 0) is 51.1 Å². The predicted molar refractivity (Wildman–Crippen MR) is 89.9 cm³/mol. The van der Waals surface area contributed by atoms with E-state index in [4.69, 9.17) is 4.98 Å². The van der Waals surface area contributed by atoms with Crippen LogP contribution in [0.25, 0.3) is 0 Å². The molecule has 21 heavy (non-hydrogen) atoms. The fourth-order valence-electron chi connectivity index (χ4n) is 2.99. The number of aromatic nitrogens is 1. The van der Waals surface area contributed by atoms with Gasteiger partial charge in [0.25, 0.3) is 0 Å². The summed E-state index contributed by atoms with van der Waals surface area (Å²) >= 11 is 0. The number of aryl methyl sites for hydroxylation is 1. The summed E-state index contributed by atoms with van der Waals surface area (Å²) in [7, 11) is 2.23. The molecule has 0 aliphatic carbocycles. The van der Waals surface area contributed by atoms with Crippen molar-refractivity contribution in [3.8, 4) is 0 Å². The Morgan fingerprint density at radius 2 is 2.10 bits per heavy atom. The number of anilines is 1. The molecule has 1 aliphatic heterocycles. The maximum absolute atomic E-state index is 4.76. The van der Waals surface area contributed by atoms with Gasteiger partial charge in [0, 0.05) is 37.9 Å². The van der Waals surface area contributed by atoms with Crippen LogP contribution in [0.1, 0.15) is 37.9 Å². The highest BCUT2D eigenvalue weighted by molar-refractivity contribution is 5.43. The Labute approximate surface area is 129 Å². The molecule has 0 spiro atoms. The molecule has 1 aliphatic rings. The van der Waals surface area contributed by atoms with Gasteiger partial charge in [-0.15, -0.1) is 0 Å². The standard InChI is InChI=1S/C17H30N4/c1-5-7-18-12-15-10-14(3)19-17(11-15)21-9-8-20(4)16(6-2)13-21/h10-11,16,18H,5-9,12-13H2,1-4H3. The molecule has 2 rings (SSSR count). The third-order valence-corrected chi connectivity index (χ3v) is 4.33. The average molecular weight is 290 g/mol. The van der Waals surface area contributed by atoms with Gasteiger partial charge in [-0.1, -0.05) is 13.8 Å². The topological polar surface area (TPSA) is 31.4 Å². The van der Waals surface area contributed by atoms with Crippen LogP contribution in [0.15, 0.2) is 12.1 Å². The number of hydrogen-bond donors (Lipinski definition) is 1. The fraction of sp³-hybridized carbons (Fsp3) is 0.706. The summed E-state index contributed by atoms with van der Waals surface area (Å²) in [4.78, 5) is 9.68. The van der Waals surface area contributed by atoms with Gasteiger partial charge in [0.2, 0.25) is 0 Å². The quantitative estimate of drug-likeness (QED) is 0.815. The van der Waals surface area contributed by atoms with Crippen molar-refractivity contribution < 1.29 is 0 Å². The minimum atomic E-state index is 0.641. The van der Waals surface area contributed by atoms with Gasteiger partial charge in [0.15, 0.2) is 0 Å². The van der Waals surface area contributed by atoms with E-state index >= 15 is 0 Å². The lowest BCUT2D eigenvalue weighted by molar-refractivity contribution is 0.213. The van der Waals surface area contributed by atoms with Crippen LogP contribution in [-0.2, 0) is 6.54 Å². The van der Waals surface area contributed by atoms with E-state index in [1.165, 1.54) is 18.4 Å². The highest BCUT2D eigenvalue weighted by Crippen LogP contribution is 2.20. The van der Waals surface area contributed by atoms with E-state index in [1.54, 1.807) is 0 Å². The third kappa shape index (κ3) is 4.42. The highest BCUT2D eigenvalue weighted by atomic mass is 15.3. The van der Waals surface area contributed by atoms with Crippen LogP contribution in [0.4, 0.5) is 5.82 Å². The van der Waals surface area contributed by atoms with E-state index in [1.807, 2.05) is 0 Å². The van der Waals surface area contributed by atoms with E-state index in [0.717, 1.165) is 44.2 Å². The number of nitrogens with zero attached hydrogens (tertiary/aromatic N) is 3. The van der Waals surface area contributed by atoms with Crippen LogP contribution < -0.4 is 10.2 Å². The van der Waals surface area contributed by atoms with E-state index < -0.39 is 0 Å². The van der Waals surface area contributed by atoms with E-state index in [0.29, 0.717) is 6.04 Å². The zero-order valence-corrected chi connectivity index (χ0v) is 14.0. The van der Waals surface area contributed by atoms with Crippen molar-refractivity contribution >= 4 is 5.82 Å². The van der Waals surface area contributed by atoms with Crippen molar-refractivity contribution in [1.29, 1.82) is 0 Å². The largest absolute Gasteiger partial charge is 0.354 e. The van der Waals surface area contributed by atoms with Crippen LogP contribution in [0.5, 0.6) is 0 Å². The Balaban J connectivity index is 2.08. The minimum absolute atomic E-state index is 0.641. The van der Waals surface area contributed by atoms with Crippen molar-refractivity contribution in [2.24, 2.45) is 0 Å². The molecule has 1 aromatic heterocycles. The summed E-state index contributed by atoms with van der Waals surface area (Å²) in [6.07, 6.45) is 2.37. The first-order valence-electron chi connectivity index (χ1n) is 8.27. The molecule has 1 saturated heterocycles. The summed E-state index contributed by atoms with van der Waals surface area (Å²) in [5.41, 5.74) is 2.46. The molecule has 118 valence electrons. The molecule has 1 unspecified atom stereocenters. The zero-order chi connectivity index (χ0) is 15.2. The SMILES string of the molecule is CCCNCc1cc(C)nc(N2CCN(C)C(CC)C2)c1. The Morgan fingerprint density at radius 3 is 2.81 bits per heavy atom. The van der Waals surface area contributed by atoms with Crippen molar-refractivity contribution in [2.75, 3.05) is 38.1 Å². The van der Waals surface area contributed by atoms with Crippen molar-refractivity contribution in [3.05, 3.63) is 23.4 Å². The van der Waals surface area contributed by atoms with E-state index in [9.17, 15) is 0 Å². The molecule has 1 aromatic rings. The zero-order valence-electron chi connectivity index (χ0n) is 14.0. The second kappa shape index (κ2) is 7.76. The number of pyridine rings is 1. The highest BCUT2D eigenvalue weighted by Gasteiger charge is 2.23. The van der Waals surface area contributed by atoms with Crippen LogP contribution in [0, 0.1) is 6.92 Å². The predicted octanol–water partition coefficient (Wildman–Crippen LogP) is 2.42. The van der Waals surface area contributed by atoms with Gasteiger partial charge in [-0.3, -0.25) is 4.90 Å². The van der Waals surface area contributed by atoms with Gasteiger partial charge < -0.3 is 10.2 Å². The smallest absolute Gasteiger partial charge is 0.129 e. The van der Waals surface area contributed by atoms with Gasteiger partial charge >= 0.3 is 0 Å². The Bertz CT molecular complexity index is 446. The molecule has 0 amide bonds. The second-order valence-electron chi connectivity index (χ2n) is 6.14. The van der Waals surface area contributed by atoms with Gasteiger partial charge in [-0.2, -0.15) is 0 Å². The van der Waals surface area contributed by atoms with Crippen molar-refractivity contribution in [1.82, 2.24) is 15.2 Å². The first-order chi connectivity index (χ1) is 10.1. The third-order valence-electron chi connectivity index (χ3n) is 4.33. The molecule has 0 bridgehead atoms. The molecular formula is C17H30N4. The number of nitrogens with one attached hydrogen (secondary N) is 1. The Morgan fingerprint density at radius 1 is 1.29 bits per heavy atom. The summed E-state index contributed by atoms with van der Waals surface area (Å²) in [5.74, 6) is 1.15. The van der Waals surface area contributed by atoms with E-state index in [-0.39, 0.29) is 0 Å². The Hall–Kier alpha value is -1.13. The van der Waals surface area contributed by atoms with Crippen LogP contribution in [-0.4, -0.2) is 49.2 Å². The van der Waals surface area contributed by atoms with E-state index in [2.05, 4.69) is 55.1 Å². The molecule has 1 fully saturated rings. The van der Waals surface area contributed by atoms with Gasteiger partial charge in [0.05, 0.1) is 0 Å². The van der Waals surface area contributed by atoms with Crippen molar-refractivity contribution in [2.45, 2.75) is 46.2 Å². The molecular weight excluding hydrogens is 260 g/mol. The second-order valence-corrected chi connectivity index (χ2v) is 6.14. The molecule has 1 N–H and O–H groups in total. The monoisotopic (exact) mass is 290 g/mol. The molecule has 1 atom stereocenters.